The molecule has 1 aromatic rings. The molecular formula is C7H3ClN4O3. The van der Waals surface area contributed by atoms with Crippen LogP contribution in [0.4, 0.5) is 11.4 Å². The van der Waals surface area contributed by atoms with E-state index in [1.165, 1.54) is 18.2 Å². The molecule has 0 aliphatic carbocycles. The Bertz CT molecular complexity index is 461. The molecule has 0 amide bonds. The van der Waals surface area contributed by atoms with Crippen LogP contribution >= 0.6 is 11.6 Å². The molecule has 0 saturated carbocycles. The Balaban J connectivity index is 3.55. The summed E-state index contributed by atoms with van der Waals surface area (Å²) in [5.41, 5.74) is 7.04. The first-order chi connectivity index (χ1) is 7.07. The number of halogens is 1. The number of hydrogen-bond acceptors (Lipinski definition) is 4. The molecular weight excluding hydrogens is 224 g/mol. The van der Waals surface area contributed by atoms with Crippen LogP contribution < -0.4 is 0 Å². The minimum atomic E-state index is -0.975. The SMILES string of the molecule is [N-]=[N+]=Nc1cccc(C(=O)Cl)c1[N+](=O)[O-]. The van der Waals surface area contributed by atoms with Crippen molar-refractivity contribution in [2.24, 2.45) is 5.11 Å². The first-order valence-electron chi connectivity index (χ1n) is 3.60. The average molecular weight is 227 g/mol. The van der Waals surface area contributed by atoms with Crippen molar-refractivity contribution in [1.82, 2.24) is 0 Å². The molecule has 0 radical (unpaired) electrons. The molecule has 8 heteroatoms. The summed E-state index contributed by atoms with van der Waals surface area (Å²) in [7, 11) is 0. The molecule has 1 aromatic carbocycles. The van der Waals surface area contributed by atoms with Gasteiger partial charge in [-0.15, -0.1) is 0 Å². The number of azide groups is 1. The minimum Gasteiger partial charge on any atom is -0.275 e. The second kappa shape index (κ2) is 4.41. The van der Waals surface area contributed by atoms with E-state index in [2.05, 4.69) is 10.0 Å². The van der Waals surface area contributed by atoms with Gasteiger partial charge in [-0.3, -0.25) is 14.9 Å². The molecule has 0 atom stereocenters. The van der Waals surface area contributed by atoms with Crippen LogP contribution in [0.2, 0.25) is 0 Å². The van der Waals surface area contributed by atoms with Crippen molar-refractivity contribution in [2.75, 3.05) is 0 Å². The number of benzene rings is 1. The van der Waals surface area contributed by atoms with Crippen LogP contribution in [-0.4, -0.2) is 10.2 Å². The lowest BCUT2D eigenvalue weighted by Crippen LogP contribution is -1.98. The Morgan fingerprint density at radius 1 is 1.60 bits per heavy atom. The van der Waals surface area contributed by atoms with Crippen LogP contribution in [0, 0.1) is 10.1 Å². The van der Waals surface area contributed by atoms with Gasteiger partial charge < -0.3 is 0 Å². The molecule has 76 valence electrons. The molecule has 0 N–H and O–H groups in total. The zero-order chi connectivity index (χ0) is 11.4. The number of para-hydroxylation sites is 1. The van der Waals surface area contributed by atoms with Crippen molar-refractivity contribution < 1.29 is 9.72 Å². The molecule has 0 aliphatic rings. The van der Waals surface area contributed by atoms with Crippen LogP contribution in [0.15, 0.2) is 23.3 Å². The molecule has 7 nitrogen and oxygen atoms in total. The van der Waals surface area contributed by atoms with E-state index in [1.54, 1.807) is 0 Å². The Hall–Kier alpha value is -2.11. The molecule has 15 heavy (non-hydrogen) atoms. The van der Waals surface area contributed by atoms with Gasteiger partial charge in [0.25, 0.3) is 10.9 Å². The van der Waals surface area contributed by atoms with Gasteiger partial charge >= 0.3 is 0 Å². The molecule has 0 saturated heterocycles. The molecule has 0 bridgehead atoms. The van der Waals surface area contributed by atoms with Crippen LogP contribution in [-0.2, 0) is 0 Å². The number of nitro groups is 1. The van der Waals surface area contributed by atoms with E-state index in [9.17, 15) is 14.9 Å². The fourth-order valence-electron chi connectivity index (χ4n) is 1.01. The predicted molar refractivity (Wildman–Crippen MR) is 52.1 cm³/mol. The highest BCUT2D eigenvalue weighted by Gasteiger charge is 2.22. The zero-order valence-corrected chi connectivity index (χ0v) is 7.88. The topological polar surface area (TPSA) is 109 Å². The van der Waals surface area contributed by atoms with Crippen molar-refractivity contribution >= 4 is 28.2 Å². The summed E-state index contributed by atoms with van der Waals surface area (Å²) in [5.74, 6) is 0. The second-order valence-corrected chi connectivity index (χ2v) is 2.74. The number of nitrogens with zero attached hydrogens (tertiary/aromatic N) is 4. The number of nitro benzene ring substituents is 1. The molecule has 0 fully saturated rings. The zero-order valence-electron chi connectivity index (χ0n) is 7.12. The third-order valence-corrected chi connectivity index (χ3v) is 1.77. The molecule has 0 unspecified atom stereocenters. The van der Waals surface area contributed by atoms with Crippen LogP contribution in [0.1, 0.15) is 10.4 Å². The molecule has 0 spiro atoms. The van der Waals surface area contributed by atoms with Crippen molar-refractivity contribution in [3.8, 4) is 0 Å². The number of carbonyl (C=O) groups is 1. The van der Waals surface area contributed by atoms with Crippen LogP contribution in [0.5, 0.6) is 0 Å². The smallest absolute Gasteiger partial charge is 0.275 e. The number of rotatable bonds is 3. The number of carbonyl (C=O) groups excluding carboxylic acids is 1. The summed E-state index contributed by atoms with van der Waals surface area (Å²) < 4.78 is 0. The van der Waals surface area contributed by atoms with Gasteiger partial charge in [0.05, 0.1) is 4.92 Å². The summed E-state index contributed by atoms with van der Waals surface area (Å²) in [5, 5.41) is 12.8. The van der Waals surface area contributed by atoms with Gasteiger partial charge in [0.15, 0.2) is 0 Å². The maximum absolute atomic E-state index is 10.9. The Labute approximate surface area is 88.0 Å². The van der Waals surface area contributed by atoms with Crippen molar-refractivity contribution in [3.05, 3.63) is 44.3 Å². The van der Waals surface area contributed by atoms with Crippen molar-refractivity contribution in [3.63, 3.8) is 0 Å². The lowest BCUT2D eigenvalue weighted by atomic mass is 10.1. The average Bonchev–Trinajstić information content (AvgIpc) is 2.17. The Morgan fingerprint density at radius 3 is 2.73 bits per heavy atom. The van der Waals surface area contributed by atoms with E-state index >= 15 is 0 Å². The fraction of sp³-hybridized carbons (Fsp3) is 0. The summed E-state index contributed by atoms with van der Waals surface area (Å²) in [4.78, 5) is 23.1. The maximum Gasteiger partial charge on any atom is 0.291 e. The van der Waals surface area contributed by atoms with Gasteiger partial charge in [0.2, 0.25) is 0 Å². The van der Waals surface area contributed by atoms with E-state index in [4.69, 9.17) is 17.1 Å². The van der Waals surface area contributed by atoms with Crippen LogP contribution in [0.3, 0.4) is 0 Å². The Kier molecular flexibility index (Phi) is 3.22. The van der Waals surface area contributed by atoms with Gasteiger partial charge in [0, 0.05) is 4.91 Å². The summed E-state index contributed by atoms with van der Waals surface area (Å²) in [6.07, 6.45) is 0. The highest BCUT2D eigenvalue weighted by atomic mass is 35.5. The number of hydrogen-bond donors (Lipinski definition) is 0. The minimum absolute atomic E-state index is 0.242. The van der Waals surface area contributed by atoms with Gasteiger partial charge in [0.1, 0.15) is 11.3 Å². The standard InChI is InChI=1S/C7H3ClN4O3/c8-7(13)4-2-1-3-5(10-11-9)6(4)12(14)15/h1-3H. The summed E-state index contributed by atoms with van der Waals surface area (Å²) in [6.45, 7) is 0. The lowest BCUT2D eigenvalue weighted by molar-refractivity contribution is -0.384. The fourth-order valence-corrected chi connectivity index (χ4v) is 1.16. The highest BCUT2D eigenvalue weighted by molar-refractivity contribution is 6.68. The monoisotopic (exact) mass is 226 g/mol. The van der Waals surface area contributed by atoms with Crippen molar-refractivity contribution in [1.29, 1.82) is 0 Å². The lowest BCUT2D eigenvalue weighted by Gasteiger charge is -1.99. The van der Waals surface area contributed by atoms with E-state index < -0.39 is 15.9 Å². The largest absolute Gasteiger partial charge is 0.291 e. The third kappa shape index (κ3) is 2.22. The molecule has 0 aliphatic heterocycles. The second-order valence-electron chi connectivity index (χ2n) is 2.39. The third-order valence-electron chi connectivity index (χ3n) is 1.56. The first kappa shape index (κ1) is 11.0. The molecule has 0 aromatic heterocycles. The highest BCUT2D eigenvalue weighted by Crippen LogP contribution is 2.31. The van der Waals surface area contributed by atoms with Crippen molar-refractivity contribution in [2.45, 2.75) is 0 Å². The van der Waals surface area contributed by atoms with Gasteiger partial charge in [-0.1, -0.05) is 11.2 Å². The van der Waals surface area contributed by atoms with Gasteiger partial charge in [-0.25, -0.2) is 0 Å². The first-order valence-corrected chi connectivity index (χ1v) is 3.98. The summed E-state index contributed by atoms with van der Waals surface area (Å²) in [6, 6.07) is 3.75. The molecule has 0 heterocycles. The molecule has 1 rings (SSSR count). The van der Waals surface area contributed by atoms with Gasteiger partial charge in [-0.2, -0.15) is 0 Å². The van der Waals surface area contributed by atoms with E-state index in [1.807, 2.05) is 0 Å². The maximum atomic E-state index is 10.9. The normalized spacial score (nSPS) is 9.13. The van der Waals surface area contributed by atoms with Gasteiger partial charge in [-0.05, 0) is 29.3 Å². The van der Waals surface area contributed by atoms with E-state index in [-0.39, 0.29) is 11.3 Å². The quantitative estimate of drug-likeness (QED) is 0.197. The van der Waals surface area contributed by atoms with E-state index in [0.717, 1.165) is 0 Å². The summed E-state index contributed by atoms with van der Waals surface area (Å²) >= 11 is 5.15. The predicted octanol–water partition coefficient (Wildman–Crippen LogP) is 2.92. The van der Waals surface area contributed by atoms with Crippen LogP contribution in [0.25, 0.3) is 10.4 Å². The van der Waals surface area contributed by atoms with E-state index in [0.29, 0.717) is 0 Å². The Morgan fingerprint density at radius 2 is 2.27 bits per heavy atom.